The molecule has 0 radical (unpaired) electrons. The third-order valence-corrected chi connectivity index (χ3v) is 3.31. The molecule has 0 saturated heterocycles. The Balaban J connectivity index is 3.50. The van der Waals surface area contributed by atoms with Crippen LogP contribution in [0.1, 0.15) is 26.3 Å². The third-order valence-electron chi connectivity index (χ3n) is 3.31. The number of hydrogen-bond acceptors (Lipinski definition) is 6. The van der Waals surface area contributed by atoms with E-state index in [0.717, 1.165) is 6.08 Å². The zero-order valence-corrected chi connectivity index (χ0v) is 13.8. The summed E-state index contributed by atoms with van der Waals surface area (Å²) in [7, 11) is 0. The van der Waals surface area contributed by atoms with E-state index in [1.807, 2.05) is 0 Å². The van der Waals surface area contributed by atoms with Gasteiger partial charge in [0, 0.05) is 13.1 Å². The van der Waals surface area contributed by atoms with Crippen molar-refractivity contribution >= 4 is 17.7 Å². The van der Waals surface area contributed by atoms with Crippen molar-refractivity contribution in [3.63, 3.8) is 0 Å². The molecule has 0 unspecified atom stereocenters. The van der Waals surface area contributed by atoms with Crippen LogP contribution in [0.2, 0.25) is 0 Å². The van der Waals surface area contributed by atoms with Crippen molar-refractivity contribution in [1.82, 2.24) is 4.90 Å². The van der Waals surface area contributed by atoms with E-state index in [1.54, 1.807) is 26.8 Å². The number of hydrogen-bond donors (Lipinski definition) is 1. The van der Waals surface area contributed by atoms with E-state index in [0.29, 0.717) is 13.1 Å². The van der Waals surface area contributed by atoms with E-state index in [4.69, 9.17) is 4.74 Å². The predicted octanol–water partition coefficient (Wildman–Crippen LogP) is 2.47. The van der Waals surface area contributed by atoms with Crippen LogP contribution in [-0.4, -0.2) is 40.5 Å². The predicted molar refractivity (Wildman–Crippen MR) is 87.4 cm³/mol. The summed E-state index contributed by atoms with van der Waals surface area (Å²) in [6.45, 7) is 6.10. The number of benzene rings is 1. The first-order valence-electron chi connectivity index (χ1n) is 7.45. The van der Waals surface area contributed by atoms with Crippen LogP contribution >= 0.6 is 0 Å². The molecule has 8 nitrogen and oxygen atoms in total. The van der Waals surface area contributed by atoms with Gasteiger partial charge in [0.25, 0.3) is 5.91 Å². The number of rotatable bonds is 7. The van der Waals surface area contributed by atoms with E-state index in [-0.39, 0.29) is 29.2 Å². The number of carbonyl (C=O) groups is 1. The summed E-state index contributed by atoms with van der Waals surface area (Å²) in [5.41, 5.74) is -0.704. The molecule has 0 aliphatic heterocycles. The normalized spacial score (nSPS) is 10.8. The maximum atomic E-state index is 12.3. The van der Waals surface area contributed by atoms with Crippen LogP contribution in [0.3, 0.4) is 0 Å². The fourth-order valence-electron chi connectivity index (χ4n) is 2.15. The molecule has 1 rings (SSSR count). The Morgan fingerprint density at radius 2 is 2.04 bits per heavy atom. The van der Waals surface area contributed by atoms with Gasteiger partial charge in [-0.2, -0.15) is 5.26 Å². The molecule has 0 spiro atoms. The summed E-state index contributed by atoms with van der Waals surface area (Å²) < 4.78 is 5.14. The summed E-state index contributed by atoms with van der Waals surface area (Å²) in [6.07, 6.45) is 1.14. The average Bonchev–Trinajstić information content (AvgIpc) is 2.56. The summed E-state index contributed by atoms with van der Waals surface area (Å²) in [4.78, 5) is 24.4. The molecule has 1 amide bonds. The number of nitrogens with zero attached hydrogens (tertiary/aromatic N) is 3. The molecule has 0 aromatic heterocycles. The molecule has 1 aromatic rings. The van der Waals surface area contributed by atoms with Gasteiger partial charge < -0.3 is 14.7 Å². The Hall–Kier alpha value is -3.08. The van der Waals surface area contributed by atoms with Gasteiger partial charge in [0.1, 0.15) is 11.6 Å². The Kier molecular flexibility index (Phi) is 6.74. The molecule has 0 aliphatic rings. The number of amides is 1. The zero-order chi connectivity index (χ0) is 18.3. The van der Waals surface area contributed by atoms with Crippen molar-refractivity contribution in [1.29, 1.82) is 5.26 Å². The number of phenolic OH excluding ortho intramolecular Hbond substituents is 1. The highest BCUT2D eigenvalue weighted by atomic mass is 16.6. The minimum Gasteiger partial charge on any atom is -0.504 e. The molecule has 0 saturated carbocycles. The van der Waals surface area contributed by atoms with Crippen molar-refractivity contribution in [3.8, 4) is 17.6 Å². The molecule has 0 heterocycles. The number of aromatic hydroxyl groups is 1. The van der Waals surface area contributed by atoms with Crippen LogP contribution in [0.25, 0.3) is 6.08 Å². The van der Waals surface area contributed by atoms with Crippen LogP contribution in [-0.2, 0) is 4.79 Å². The first kappa shape index (κ1) is 19.0. The zero-order valence-electron chi connectivity index (χ0n) is 13.8. The molecule has 0 bridgehead atoms. The maximum absolute atomic E-state index is 12.3. The Morgan fingerprint density at radius 3 is 2.50 bits per heavy atom. The summed E-state index contributed by atoms with van der Waals surface area (Å²) in [6, 6.07) is 4.27. The highest BCUT2D eigenvalue weighted by molar-refractivity contribution is 6.02. The quantitative estimate of drug-likeness (QED) is 0.354. The fraction of sp³-hybridized carbons (Fsp3) is 0.375. The van der Waals surface area contributed by atoms with Gasteiger partial charge in [0.15, 0.2) is 5.75 Å². The number of phenols is 1. The Bertz CT molecular complexity index is 702. The molecule has 0 atom stereocenters. The molecule has 0 aliphatic carbocycles. The van der Waals surface area contributed by atoms with E-state index in [2.05, 4.69) is 0 Å². The third kappa shape index (κ3) is 4.01. The molecule has 0 fully saturated rings. The summed E-state index contributed by atoms with van der Waals surface area (Å²) in [5.74, 6) is -1.18. The maximum Gasteiger partial charge on any atom is 0.322 e. The van der Waals surface area contributed by atoms with Crippen LogP contribution < -0.4 is 4.74 Å². The molecular formula is C16H19N3O5. The lowest BCUT2D eigenvalue weighted by molar-refractivity contribution is -0.386. The van der Waals surface area contributed by atoms with Crippen LogP contribution in [0.5, 0.6) is 11.5 Å². The number of carbonyl (C=O) groups excluding carboxylic acids is 1. The average molecular weight is 333 g/mol. The lowest BCUT2D eigenvalue weighted by Gasteiger charge is -2.17. The summed E-state index contributed by atoms with van der Waals surface area (Å²) >= 11 is 0. The Morgan fingerprint density at radius 1 is 1.42 bits per heavy atom. The van der Waals surface area contributed by atoms with Crippen LogP contribution in [0, 0.1) is 21.4 Å². The minimum atomic E-state index is -0.715. The largest absolute Gasteiger partial charge is 0.504 e. The molecule has 8 heteroatoms. The van der Waals surface area contributed by atoms with E-state index in [1.165, 1.54) is 17.0 Å². The second-order valence-corrected chi connectivity index (χ2v) is 4.69. The monoisotopic (exact) mass is 333 g/mol. The molecular weight excluding hydrogens is 314 g/mol. The SMILES string of the molecule is CCOc1c(O)ccc(C=C(C#N)C(=O)N(CC)CC)c1[N+](=O)[O-]. The van der Waals surface area contributed by atoms with E-state index < -0.39 is 16.5 Å². The minimum absolute atomic E-state index is 0.0123. The lowest BCUT2D eigenvalue weighted by Crippen LogP contribution is -2.31. The van der Waals surface area contributed by atoms with Gasteiger partial charge in [-0.1, -0.05) is 0 Å². The second-order valence-electron chi connectivity index (χ2n) is 4.69. The van der Waals surface area contributed by atoms with E-state index >= 15 is 0 Å². The van der Waals surface area contributed by atoms with Gasteiger partial charge in [0.2, 0.25) is 5.75 Å². The van der Waals surface area contributed by atoms with Crippen molar-refractivity contribution in [3.05, 3.63) is 33.4 Å². The van der Waals surface area contributed by atoms with Gasteiger partial charge in [-0.15, -0.1) is 0 Å². The van der Waals surface area contributed by atoms with Gasteiger partial charge in [-0.05, 0) is 39.0 Å². The molecule has 1 N–H and O–H groups in total. The van der Waals surface area contributed by atoms with Crippen molar-refractivity contribution in [2.45, 2.75) is 20.8 Å². The second kappa shape index (κ2) is 8.53. The van der Waals surface area contributed by atoms with Crippen molar-refractivity contribution in [2.75, 3.05) is 19.7 Å². The number of nitriles is 1. The van der Waals surface area contributed by atoms with Crippen LogP contribution in [0.4, 0.5) is 5.69 Å². The van der Waals surface area contributed by atoms with Crippen molar-refractivity contribution in [2.24, 2.45) is 0 Å². The molecule has 24 heavy (non-hydrogen) atoms. The number of nitro benzene ring substituents is 1. The first-order valence-corrected chi connectivity index (χ1v) is 7.45. The molecule has 128 valence electrons. The lowest BCUT2D eigenvalue weighted by atomic mass is 10.1. The first-order chi connectivity index (χ1) is 11.4. The highest BCUT2D eigenvalue weighted by Crippen LogP contribution is 2.40. The molecule has 1 aromatic carbocycles. The smallest absolute Gasteiger partial charge is 0.322 e. The van der Waals surface area contributed by atoms with Gasteiger partial charge in [0.05, 0.1) is 17.1 Å². The van der Waals surface area contributed by atoms with Gasteiger partial charge in [-0.25, -0.2) is 0 Å². The van der Waals surface area contributed by atoms with Crippen LogP contribution in [0.15, 0.2) is 17.7 Å². The topological polar surface area (TPSA) is 117 Å². The number of ether oxygens (including phenoxy) is 1. The summed E-state index contributed by atoms with van der Waals surface area (Å²) in [5, 5.41) is 30.4. The van der Waals surface area contributed by atoms with Gasteiger partial charge >= 0.3 is 5.69 Å². The van der Waals surface area contributed by atoms with Gasteiger partial charge in [-0.3, -0.25) is 14.9 Å². The fourth-order valence-corrected chi connectivity index (χ4v) is 2.15. The van der Waals surface area contributed by atoms with Crippen molar-refractivity contribution < 1.29 is 19.6 Å². The Labute approximate surface area is 139 Å². The van der Waals surface area contributed by atoms with E-state index in [9.17, 15) is 25.3 Å². The number of likely N-dealkylation sites (N-methyl/N-ethyl adjacent to an activating group) is 1. The highest BCUT2D eigenvalue weighted by Gasteiger charge is 2.25. The standard InChI is InChI=1S/C16H19N3O5/c1-4-18(5-2)16(21)12(10-17)9-11-7-8-13(20)15(24-6-3)14(11)19(22)23/h7-9,20H,4-6H2,1-3H3. The number of nitro groups is 1.